The lowest BCUT2D eigenvalue weighted by molar-refractivity contribution is 0.0696. The van der Waals surface area contributed by atoms with Crippen molar-refractivity contribution < 1.29 is 34.2 Å². The van der Waals surface area contributed by atoms with Crippen LogP contribution in [0.5, 0.6) is 5.75 Å². The molecule has 0 amide bonds. The van der Waals surface area contributed by atoms with E-state index in [-0.39, 0.29) is 16.0 Å². The van der Waals surface area contributed by atoms with Gasteiger partial charge in [0.05, 0.1) is 5.56 Å². The highest BCUT2D eigenvalue weighted by atomic mass is 16.4. The normalized spacial score (nSPS) is 23.4. The molecule has 0 fully saturated rings. The number of carboxylic acids is 1. The number of carboxylic acid groups (broad SMARTS) is 1. The van der Waals surface area contributed by atoms with E-state index in [1.54, 1.807) is 30.3 Å². The van der Waals surface area contributed by atoms with Crippen molar-refractivity contribution in [2.75, 3.05) is 6.54 Å². The molecule has 1 atom stereocenters. The fraction of sp³-hybridized carbons (Fsp3) is 0.409. The second-order valence-corrected chi connectivity index (χ2v) is 5.68. The van der Waals surface area contributed by atoms with Gasteiger partial charge in [-0.3, -0.25) is 4.90 Å². The van der Waals surface area contributed by atoms with Gasteiger partial charge in [-0.15, -0.1) is 0 Å². The van der Waals surface area contributed by atoms with E-state index in [1.165, 1.54) is 0 Å². The SMILES string of the molecule is [2H]C([2H])([2H])C([2H])(N(CCC(c1ccccc1)c1cc(C(=O)O)ccc1O)C([2H])(C([2H])([2H])[2H])C([2H])([2H])[2H])C([2H])([2H])[2H]. The molecule has 2 rings (SSSR count). The minimum absolute atomic E-state index is 0.0252. The third kappa shape index (κ3) is 4.85. The van der Waals surface area contributed by atoms with Gasteiger partial charge in [-0.25, -0.2) is 4.79 Å². The Morgan fingerprint density at radius 1 is 1.12 bits per heavy atom. The zero-order valence-electron chi connectivity index (χ0n) is 27.9. The minimum atomic E-state index is -3.88. The molecule has 0 heterocycles. The lowest BCUT2D eigenvalue weighted by Gasteiger charge is -2.32. The number of nitrogens with zero attached hydrogens (tertiary/aromatic N) is 1. The Hall–Kier alpha value is -2.33. The summed E-state index contributed by atoms with van der Waals surface area (Å²) in [6, 6.07) is 3.45. The molecule has 1 unspecified atom stereocenters. The number of aromatic hydroxyl groups is 1. The first-order valence-corrected chi connectivity index (χ1v) is 7.80. The van der Waals surface area contributed by atoms with Crippen molar-refractivity contribution >= 4 is 5.97 Å². The highest BCUT2D eigenvalue weighted by Crippen LogP contribution is 2.35. The van der Waals surface area contributed by atoms with Crippen molar-refractivity contribution in [2.24, 2.45) is 0 Å². The van der Waals surface area contributed by atoms with E-state index in [1.807, 2.05) is 0 Å². The highest BCUT2D eigenvalue weighted by Gasteiger charge is 2.22. The summed E-state index contributed by atoms with van der Waals surface area (Å²) >= 11 is 0. The molecule has 0 saturated heterocycles. The van der Waals surface area contributed by atoms with E-state index in [4.69, 9.17) is 19.2 Å². The molecule has 0 aliphatic heterocycles. The quantitative estimate of drug-likeness (QED) is 0.706. The van der Waals surface area contributed by atoms with Gasteiger partial charge < -0.3 is 10.2 Å². The van der Waals surface area contributed by atoms with Gasteiger partial charge >= 0.3 is 5.97 Å². The van der Waals surface area contributed by atoms with Gasteiger partial charge in [-0.05, 0) is 64.1 Å². The Balaban J connectivity index is 2.87. The van der Waals surface area contributed by atoms with Crippen LogP contribution in [0.4, 0.5) is 0 Å². The zero-order chi connectivity index (χ0) is 31.1. The monoisotopic (exact) mass is 369 g/mol. The number of benzene rings is 2. The number of hydrogen-bond acceptors (Lipinski definition) is 3. The fourth-order valence-electron chi connectivity index (χ4n) is 2.75. The summed E-state index contributed by atoms with van der Waals surface area (Å²) in [7, 11) is 0. The van der Waals surface area contributed by atoms with Crippen molar-refractivity contribution in [3.05, 3.63) is 65.2 Å². The van der Waals surface area contributed by atoms with Gasteiger partial charge in [-0.2, -0.15) is 0 Å². The largest absolute Gasteiger partial charge is 0.508 e. The summed E-state index contributed by atoms with van der Waals surface area (Å²) in [6.07, 6.45) is -0.514. The first-order valence-electron chi connectivity index (χ1n) is 14.8. The molecule has 0 bridgehead atoms. The molecular weight excluding hydrogens is 326 g/mol. The molecular formula is C22H29NO3. The zero-order valence-corrected chi connectivity index (χ0v) is 13.9. The van der Waals surface area contributed by atoms with Crippen molar-refractivity contribution in [3.8, 4) is 5.75 Å². The van der Waals surface area contributed by atoms with E-state index < -0.39 is 70.0 Å². The summed E-state index contributed by atoms with van der Waals surface area (Å²) < 4.78 is 112. The molecule has 0 radical (unpaired) electrons. The summed E-state index contributed by atoms with van der Waals surface area (Å²) in [5.41, 5.74) is 0.116. The first-order chi connectivity index (χ1) is 17.9. The maximum Gasteiger partial charge on any atom is 0.335 e. The molecule has 2 aromatic rings. The number of rotatable bonds is 8. The van der Waals surface area contributed by atoms with Crippen LogP contribution in [0.1, 0.15) is 80.4 Å². The maximum atomic E-state index is 11.6. The van der Waals surface area contributed by atoms with Crippen LogP contribution in [0.3, 0.4) is 0 Å². The van der Waals surface area contributed by atoms with Crippen LogP contribution in [-0.2, 0) is 0 Å². The molecule has 0 spiro atoms. The van der Waals surface area contributed by atoms with Crippen molar-refractivity contribution in [2.45, 2.75) is 51.8 Å². The number of phenolic OH excluding ortho intramolecular Hbond substituents is 1. The van der Waals surface area contributed by atoms with Crippen LogP contribution < -0.4 is 0 Å². The van der Waals surface area contributed by atoms with Crippen molar-refractivity contribution in [1.29, 1.82) is 0 Å². The van der Waals surface area contributed by atoms with E-state index >= 15 is 0 Å². The van der Waals surface area contributed by atoms with Crippen molar-refractivity contribution in [1.82, 2.24) is 4.90 Å². The molecule has 140 valence electrons. The summed E-state index contributed by atoms with van der Waals surface area (Å²) in [5, 5.41) is 20.1. The standard InChI is InChI=1S/C22H29NO3/c1-15(2)23(16(3)4)13-12-19(17-8-6-5-7-9-17)20-14-18(22(25)26)10-11-21(20)24/h5-11,14-16,19,24H,12-13H2,1-4H3,(H,25,26)/i1D3,2D3,3D3,4D3,15D,16D. The van der Waals surface area contributed by atoms with Crippen LogP contribution in [0.15, 0.2) is 48.5 Å². The van der Waals surface area contributed by atoms with Crippen LogP contribution in [-0.4, -0.2) is 39.7 Å². The van der Waals surface area contributed by atoms with Crippen LogP contribution >= 0.6 is 0 Å². The van der Waals surface area contributed by atoms with E-state index in [0.29, 0.717) is 5.56 Å². The average Bonchev–Trinajstić information content (AvgIpc) is 2.79. The number of hydrogen-bond donors (Lipinski definition) is 2. The topological polar surface area (TPSA) is 60.8 Å². The molecule has 2 N–H and O–H groups in total. The Morgan fingerprint density at radius 3 is 2.35 bits per heavy atom. The smallest absolute Gasteiger partial charge is 0.335 e. The molecule has 0 aromatic heterocycles. The third-order valence-electron chi connectivity index (χ3n) is 4.03. The number of aromatic carboxylic acids is 1. The van der Waals surface area contributed by atoms with Gasteiger partial charge in [0.15, 0.2) is 0 Å². The summed E-state index contributed by atoms with van der Waals surface area (Å²) in [6.45, 7) is -16.3. The summed E-state index contributed by atoms with van der Waals surface area (Å²) in [4.78, 5) is 11.5. The van der Waals surface area contributed by atoms with E-state index in [0.717, 1.165) is 18.2 Å². The van der Waals surface area contributed by atoms with Gasteiger partial charge in [0.1, 0.15) is 5.75 Å². The lowest BCUT2D eigenvalue weighted by Crippen LogP contribution is -2.38. The molecule has 0 saturated carbocycles. The molecule has 26 heavy (non-hydrogen) atoms. The Labute approximate surface area is 175 Å². The minimum Gasteiger partial charge on any atom is -0.508 e. The van der Waals surface area contributed by atoms with Crippen molar-refractivity contribution in [3.63, 3.8) is 0 Å². The second kappa shape index (κ2) is 8.86. The molecule has 4 nitrogen and oxygen atoms in total. The Morgan fingerprint density at radius 2 is 1.77 bits per heavy atom. The lowest BCUT2D eigenvalue weighted by atomic mass is 9.86. The number of carbonyl (C=O) groups is 1. The Bertz CT molecular complexity index is 1120. The third-order valence-corrected chi connectivity index (χ3v) is 4.03. The van der Waals surface area contributed by atoms with Gasteiger partial charge in [0, 0.05) is 42.7 Å². The average molecular weight is 370 g/mol. The van der Waals surface area contributed by atoms with Gasteiger partial charge in [0.25, 0.3) is 0 Å². The van der Waals surface area contributed by atoms with Crippen LogP contribution in [0, 0.1) is 0 Å². The highest BCUT2D eigenvalue weighted by molar-refractivity contribution is 5.88. The van der Waals surface area contributed by atoms with Crippen LogP contribution in [0.25, 0.3) is 0 Å². The van der Waals surface area contributed by atoms with E-state index in [2.05, 4.69) is 0 Å². The number of phenols is 1. The predicted molar refractivity (Wildman–Crippen MR) is 105 cm³/mol. The maximum absolute atomic E-state index is 11.6. The molecule has 0 aliphatic rings. The molecule has 0 aliphatic carbocycles. The first kappa shape index (κ1) is 8.13. The predicted octanol–water partition coefficient (Wildman–Crippen LogP) is 4.73. The second-order valence-electron chi connectivity index (χ2n) is 5.68. The summed E-state index contributed by atoms with van der Waals surface area (Å²) in [5.74, 6) is -2.82. The van der Waals surface area contributed by atoms with Crippen LogP contribution in [0.2, 0.25) is 0 Å². The Kier molecular flexibility index (Phi) is 2.77. The van der Waals surface area contributed by atoms with E-state index in [9.17, 15) is 15.0 Å². The van der Waals surface area contributed by atoms with Gasteiger partial charge in [-0.1, -0.05) is 30.3 Å². The molecule has 2 aromatic carbocycles. The molecule has 4 heteroatoms. The fourth-order valence-corrected chi connectivity index (χ4v) is 2.75. The van der Waals surface area contributed by atoms with Gasteiger partial charge in [0.2, 0.25) is 0 Å².